The first kappa shape index (κ1) is 19.7. The fourth-order valence-electron chi connectivity index (χ4n) is 2.51. The number of esters is 1. The van der Waals surface area contributed by atoms with Crippen LogP contribution < -0.4 is 5.32 Å². The maximum Gasteiger partial charge on any atom is 0.358 e. The number of aryl methyl sites for hydroxylation is 1. The average Bonchev–Trinajstić information content (AvgIpc) is 2.60. The zero-order valence-electron chi connectivity index (χ0n) is 14.5. The summed E-state index contributed by atoms with van der Waals surface area (Å²) in [5.74, 6) is 1.15. The van der Waals surface area contributed by atoms with Gasteiger partial charge in [0.1, 0.15) is 0 Å². The number of carbonyl (C=O) groups is 2. The lowest BCUT2D eigenvalue weighted by molar-refractivity contribution is -0.114. The van der Waals surface area contributed by atoms with Crippen molar-refractivity contribution < 1.29 is 14.3 Å². The third-order valence-corrected chi connectivity index (χ3v) is 4.12. The highest BCUT2D eigenvalue weighted by atomic mass is 79.9. The number of ether oxygens (including phenoxy) is 1. The van der Waals surface area contributed by atoms with Crippen LogP contribution in [-0.4, -0.2) is 30.7 Å². The first-order chi connectivity index (χ1) is 12.4. The zero-order chi connectivity index (χ0) is 19.1. The number of hydrogen-bond donors (Lipinski definition) is 1. The van der Waals surface area contributed by atoms with Gasteiger partial charge in [0, 0.05) is 23.0 Å². The molecule has 0 saturated heterocycles. The fourth-order valence-corrected chi connectivity index (χ4v) is 2.84. The van der Waals surface area contributed by atoms with Crippen molar-refractivity contribution in [2.45, 2.75) is 19.6 Å². The molecule has 2 rings (SSSR count). The molecule has 1 aromatic heterocycles. The summed E-state index contributed by atoms with van der Waals surface area (Å²) < 4.78 is 5.28. The van der Waals surface area contributed by atoms with E-state index in [-0.39, 0.29) is 23.6 Å². The van der Waals surface area contributed by atoms with E-state index in [4.69, 9.17) is 0 Å². The Morgan fingerprint density at radius 2 is 2.15 bits per heavy atom. The van der Waals surface area contributed by atoms with Gasteiger partial charge in [-0.15, -0.1) is 0 Å². The monoisotopic (exact) mass is 413 g/mol. The summed E-state index contributed by atoms with van der Waals surface area (Å²) in [5.41, 5.74) is 2.36. The van der Waals surface area contributed by atoms with Crippen molar-refractivity contribution in [1.29, 1.82) is 5.26 Å². The Balaban J connectivity index is 2.09. The maximum atomic E-state index is 12.4. The predicted octanol–water partition coefficient (Wildman–Crippen LogP) is 3.22. The van der Waals surface area contributed by atoms with Crippen LogP contribution in [0.2, 0.25) is 6.32 Å². The van der Waals surface area contributed by atoms with E-state index in [1.54, 1.807) is 6.07 Å². The van der Waals surface area contributed by atoms with Gasteiger partial charge in [-0.2, -0.15) is 0 Å². The standard InChI is InChI=1S/C18H17BBrN3O3/c1-12-4-3-5-13(6-12)8-19(11-21)9-16(24)23-15-7-14(20)10-22-17(15)18(25)26-2/h3-7,10H,8-9H2,1-2H3,(H,23,24). The summed E-state index contributed by atoms with van der Waals surface area (Å²) in [4.78, 5) is 28.1. The van der Waals surface area contributed by atoms with Gasteiger partial charge >= 0.3 is 5.97 Å². The highest BCUT2D eigenvalue weighted by molar-refractivity contribution is 9.10. The quantitative estimate of drug-likeness (QED) is 0.579. The molecule has 0 atom stereocenters. The topological polar surface area (TPSA) is 92.1 Å². The second kappa shape index (κ2) is 9.16. The van der Waals surface area contributed by atoms with Gasteiger partial charge in [0.2, 0.25) is 5.91 Å². The molecule has 2 aromatic rings. The van der Waals surface area contributed by atoms with Crippen LogP contribution in [0.4, 0.5) is 5.69 Å². The minimum atomic E-state index is -0.649. The number of benzene rings is 1. The van der Waals surface area contributed by atoms with Crippen molar-refractivity contribution in [3.8, 4) is 5.97 Å². The van der Waals surface area contributed by atoms with Gasteiger partial charge in [-0.1, -0.05) is 35.4 Å². The molecule has 1 amide bonds. The summed E-state index contributed by atoms with van der Waals surface area (Å²) in [7, 11) is 1.24. The van der Waals surface area contributed by atoms with E-state index in [1.165, 1.54) is 13.3 Å². The predicted molar refractivity (Wildman–Crippen MR) is 103 cm³/mol. The second-order valence-corrected chi connectivity index (χ2v) is 6.73. The van der Waals surface area contributed by atoms with E-state index in [1.807, 2.05) is 31.2 Å². The number of nitrogens with one attached hydrogen (secondary N) is 1. The molecule has 0 radical (unpaired) electrons. The fraction of sp³-hybridized carbons (Fsp3) is 0.222. The van der Waals surface area contributed by atoms with Crippen LogP contribution in [0.25, 0.3) is 0 Å². The lowest BCUT2D eigenvalue weighted by Gasteiger charge is -2.11. The van der Waals surface area contributed by atoms with Gasteiger partial charge in [-0.3, -0.25) is 4.79 Å². The molecule has 0 fully saturated rings. The Hall–Kier alpha value is -2.66. The van der Waals surface area contributed by atoms with Crippen molar-refractivity contribution in [3.63, 3.8) is 0 Å². The Morgan fingerprint density at radius 3 is 2.81 bits per heavy atom. The molecule has 26 heavy (non-hydrogen) atoms. The molecule has 1 N–H and O–H groups in total. The van der Waals surface area contributed by atoms with Crippen LogP contribution in [0.1, 0.15) is 21.6 Å². The van der Waals surface area contributed by atoms with Gasteiger partial charge in [0.25, 0.3) is 6.71 Å². The molecule has 0 saturated carbocycles. The lowest BCUT2D eigenvalue weighted by atomic mass is 9.45. The summed E-state index contributed by atoms with van der Waals surface area (Å²) >= 11 is 3.25. The van der Waals surface area contributed by atoms with Crippen LogP contribution in [0.15, 0.2) is 41.0 Å². The number of halogens is 1. The molecule has 6 nitrogen and oxygen atoms in total. The van der Waals surface area contributed by atoms with Gasteiger partial charge < -0.3 is 10.1 Å². The molecule has 0 aliphatic carbocycles. The van der Waals surface area contributed by atoms with Crippen LogP contribution >= 0.6 is 15.9 Å². The van der Waals surface area contributed by atoms with Gasteiger partial charge in [0.15, 0.2) is 5.69 Å². The van der Waals surface area contributed by atoms with Crippen molar-refractivity contribution in [1.82, 2.24) is 4.98 Å². The molecule has 1 aromatic carbocycles. The second-order valence-electron chi connectivity index (χ2n) is 5.81. The number of rotatable bonds is 6. The molecule has 8 heteroatoms. The molecule has 0 unspecified atom stereocenters. The Kier molecular flexibility index (Phi) is 6.93. The van der Waals surface area contributed by atoms with E-state index in [0.29, 0.717) is 10.8 Å². The van der Waals surface area contributed by atoms with Crippen LogP contribution in [0.3, 0.4) is 0 Å². The molecule has 132 valence electrons. The number of methoxy groups -OCH3 is 1. The first-order valence-corrected chi connectivity index (χ1v) is 8.71. The average molecular weight is 414 g/mol. The van der Waals surface area contributed by atoms with Crippen LogP contribution in [0, 0.1) is 18.2 Å². The van der Waals surface area contributed by atoms with Crippen molar-refractivity contribution in [3.05, 3.63) is 57.8 Å². The van der Waals surface area contributed by atoms with Crippen molar-refractivity contribution in [2.75, 3.05) is 12.4 Å². The van der Waals surface area contributed by atoms with E-state index in [2.05, 4.69) is 36.9 Å². The number of hydrogen-bond acceptors (Lipinski definition) is 5. The number of nitriles is 1. The highest BCUT2D eigenvalue weighted by Crippen LogP contribution is 2.20. The van der Waals surface area contributed by atoms with Crippen LogP contribution in [0.5, 0.6) is 0 Å². The molecule has 0 spiro atoms. The highest BCUT2D eigenvalue weighted by Gasteiger charge is 2.22. The number of nitrogens with zero attached hydrogens (tertiary/aromatic N) is 2. The largest absolute Gasteiger partial charge is 0.464 e. The smallest absolute Gasteiger partial charge is 0.358 e. The summed E-state index contributed by atoms with van der Waals surface area (Å²) in [6, 6.07) is 9.40. The molecular formula is C18H17BBrN3O3. The number of amides is 1. The molecule has 0 aliphatic heterocycles. The SMILES string of the molecule is COC(=O)c1ncc(Br)cc1NC(=O)CB(C#N)Cc1cccc(C)c1. The number of pyridine rings is 1. The Bertz CT molecular complexity index is 867. The van der Waals surface area contributed by atoms with E-state index in [9.17, 15) is 14.9 Å². The van der Waals surface area contributed by atoms with Crippen LogP contribution in [-0.2, 0) is 15.9 Å². The molecular weight excluding hydrogens is 397 g/mol. The zero-order valence-corrected chi connectivity index (χ0v) is 16.0. The first-order valence-electron chi connectivity index (χ1n) is 7.91. The maximum absolute atomic E-state index is 12.4. The minimum Gasteiger partial charge on any atom is -0.464 e. The summed E-state index contributed by atoms with van der Waals surface area (Å²) in [6.07, 6.45) is 1.93. The third-order valence-electron chi connectivity index (χ3n) is 3.69. The Labute approximate surface area is 160 Å². The van der Waals surface area contributed by atoms with Gasteiger partial charge in [-0.05, 0) is 35.2 Å². The number of carbonyl (C=O) groups excluding carboxylic acids is 2. The Morgan fingerprint density at radius 1 is 1.38 bits per heavy atom. The van der Waals surface area contributed by atoms with Gasteiger partial charge in [0.05, 0.1) is 12.8 Å². The molecule has 0 bridgehead atoms. The minimum absolute atomic E-state index is 0.0104. The normalized spacial score (nSPS) is 9.92. The van der Waals surface area contributed by atoms with Crippen molar-refractivity contribution in [2.24, 2.45) is 0 Å². The molecule has 0 aliphatic rings. The van der Waals surface area contributed by atoms with E-state index >= 15 is 0 Å². The number of aromatic nitrogens is 1. The van der Waals surface area contributed by atoms with Crippen molar-refractivity contribution >= 4 is 40.2 Å². The summed E-state index contributed by atoms with van der Waals surface area (Å²) in [5, 5.41) is 12.0. The third kappa shape index (κ3) is 5.43. The van der Waals surface area contributed by atoms with E-state index in [0.717, 1.165) is 11.1 Å². The van der Waals surface area contributed by atoms with Gasteiger partial charge in [-0.25, -0.2) is 15.0 Å². The van der Waals surface area contributed by atoms with E-state index < -0.39 is 12.7 Å². The summed E-state index contributed by atoms with van der Waals surface area (Å²) in [6.45, 7) is 1.50. The lowest BCUT2D eigenvalue weighted by Crippen LogP contribution is -2.25. The number of anilines is 1. The molecule has 1 heterocycles.